The molecule has 0 fully saturated rings. The molecule has 2 rings (SSSR count). The summed E-state index contributed by atoms with van der Waals surface area (Å²) in [7, 11) is -6.14. The summed E-state index contributed by atoms with van der Waals surface area (Å²) in [6, 6.07) is 7.60. The first-order chi connectivity index (χ1) is 14.3. The number of benzene rings is 2. The summed E-state index contributed by atoms with van der Waals surface area (Å²) in [5, 5.41) is 13.5. The zero-order valence-corrected chi connectivity index (χ0v) is 18.5. The van der Waals surface area contributed by atoms with Crippen LogP contribution in [0.3, 0.4) is 0 Å². The number of hydrogen-bond donors (Lipinski definition) is 2. The molecule has 0 aliphatic rings. The van der Waals surface area contributed by atoms with Crippen LogP contribution in [0.4, 0.5) is 11.4 Å². The maximum Gasteiger partial charge on any atom is 0.271 e. The van der Waals surface area contributed by atoms with Crippen LogP contribution in [0.15, 0.2) is 52.3 Å². The summed E-state index contributed by atoms with van der Waals surface area (Å²) in [5.74, 6) is -0.795. The Kier molecular flexibility index (Phi) is 7.49. The molecule has 0 bridgehead atoms. The van der Waals surface area contributed by atoms with Gasteiger partial charge in [-0.05, 0) is 37.3 Å². The Morgan fingerprint density at radius 1 is 1.10 bits per heavy atom. The molecule has 0 aliphatic heterocycles. The maximum absolute atomic E-state index is 12.5. The van der Waals surface area contributed by atoms with Crippen molar-refractivity contribution in [1.29, 1.82) is 0 Å². The first kappa shape index (κ1) is 24.4. The highest BCUT2D eigenvalue weighted by molar-refractivity contribution is 7.90. The normalized spacial score (nSPS) is 12.9. The van der Waals surface area contributed by atoms with Crippen LogP contribution in [-0.4, -0.2) is 53.7 Å². The Morgan fingerprint density at radius 2 is 1.71 bits per heavy atom. The number of nitrogens with zero attached hydrogens (tertiary/aromatic N) is 1. The van der Waals surface area contributed by atoms with Gasteiger partial charge in [-0.3, -0.25) is 14.9 Å². The van der Waals surface area contributed by atoms with Crippen LogP contribution >= 0.6 is 0 Å². The first-order valence-corrected chi connectivity index (χ1v) is 12.1. The summed E-state index contributed by atoms with van der Waals surface area (Å²) in [4.78, 5) is 22.4. The fourth-order valence-electron chi connectivity index (χ4n) is 2.57. The van der Waals surface area contributed by atoms with Crippen LogP contribution < -0.4 is 10.0 Å². The molecule has 2 N–H and O–H groups in total. The number of ether oxygens (including phenoxy) is 1. The van der Waals surface area contributed by atoms with E-state index in [1.165, 1.54) is 31.4 Å². The lowest BCUT2D eigenvalue weighted by Gasteiger charge is -2.13. The van der Waals surface area contributed by atoms with E-state index in [0.29, 0.717) is 0 Å². The number of non-ortho nitro benzene ring substituents is 1. The molecule has 0 radical (unpaired) electrons. The molecule has 0 saturated carbocycles. The molecule has 0 saturated heterocycles. The minimum Gasteiger partial charge on any atom is -0.383 e. The van der Waals surface area contributed by atoms with Gasteiger partial charge in [-0.25, -0.2) is 21.6 Å². The van der Waals surface area contributed by atoms with Crippen molar-refractivity contribution in [2.75, 3.05) is 25.3 Å². The third-order valence-electron chi connectivity index (χ3n) is 3.99. The predicted octanol–water partition coefficient (Wildman–Crippen LogP) is 1.56. The van der Waals surface area contributed by atoms with E-state index in [0.717, 1.165) is 24.5 Å². The molecular formula is C18H21N3O8S2. The van der Waals surface area contributed by atoms with E-state index in [4.69, 9.17) is 4.74 Å². The maximum atomic E-state index is 12.5. The smallest absolute Gasteiger partial charge is 0.271 e. The highest BCUT2D eigenvalue weighted by Gasteiger charge is 2.20. The quantitative estimate of drug-likeness (QED) is 0.411. The largest absolute Gasteiger partial charge is 0.383 e. The van der Waals surface area contributed by atoms with Crippen molar-refractivity contribution in [1.82, 2.24) is 4.72 Å². The van der Waals surface area contributed by atoms with Crippen molar-refractivity contribution in [3.05, 3.63) is 58.1 Å². The molecule has 0 aromatic heterocycles. The van der Waals surface area contributed by atoms with E-state index in [1.54, 1.807) is 6.92 Å². The number of amides is 1. The Labute approximate surface area is 179 Å². The van der Waals surface area contributed by atoms with Gasteiger partial charge in [0.15, 0.2) is 9.84 Å². The predicted molar refractivity (Wildman–Crippen MR) is 112 cm³/mol. The molecule has 168 valence electrons. The average Bonchev–Trinajstić information content (AvgIpc) is 2.67. The molecule has 2 aromatic rings. The number of nitro groups is 1. The van der Waals surface area contributed by atoms with Gasteiger partial charge in [-0.2, -0.15) is 0 Å². The minimum absolute atomic E-state index is 0.0387. The number of sulfone groups is 1. The average molecular weight is 472 g/mol. The number of sulfonamides is 1. The van der Waals surface area contributed by atoms with Crippen molar-refractivity contribution in [2.45, 2.75) is 22.8 Å². The van der Waals surface area contributed by atoms with Crippen LogP contribution in [0.5, 0.6) is 0 Å². The Morgan fingerprint density at radius 3 is 2.23 bits per heavy atom. The lowest BCUT2D eigenvalue weighted by atomic mass is 10.2. The number of carbonyl (C=O) groups is 1. The second-order valence-electron chi connectivity index (χ2n) is 6.70. The SMILES string of the molecule is COCC(C)NS(=O)(=O)c1ccc(NC(=O)c2cc([N+](=O)[O-])cc(S(C)(=O)=O)c2)cc1. The molecule has 1 atom stereocenters. The van der Waals surface area contributed by atoms with Gasteiger partial charge in [0.2, 0.25) is 10.0 Å². The van der Waals surface area contributed by atoms with Gasteiger partial charge in [0.05, 0.1) is 21.3 Å². The van der Waals surface area contributed by atoms with Crippen LogP contribution in [0.2, 0.25) is 0 Å². The lowest BCUT2D eigenvalue weighted by Crippen LogP contribution is -2.35. The van der Waals surface area contributed by atoms with Gasteiger partial charge in [-0.15, -0.1) is 0 Å². The molecule has 0 aliphatic carbocycles. The second-order valence-corrected chi connectivity index (χ2v) is 10.4. The first-order valence-electron chi connectivity index (χ1n) is 8.75. The van der Waals surface area contributed by atoms with E-state index in [2.05, 4.69) is 10.0 Å². The van der Waals surface area contributed by atoms with Crippen molar-refractivity contribution in [3.8, 4) is 0 Å². The van der Waals surface area contributed by atoms with Gasteiger partial charge in [0, 0.05) is 42.8 Å². The van der Waals surface area contributed by atoms with Crippen LogP contribution in [0.25, 0.3) is 0 Å². The third kappa shape index (κ3) is 6.55. The summed E-state index contributed by atoms with van der Waals surface area (Å²) in [6.07, 6.45) is 0.869. The number of methoxy groups -OCH3 is 1. The lowest BCUT2D eigenvalue weighted by molar-refractivity contribution is -0.385. The van der Waals surface area contributed by atoms with Crippen LogP contribution in [0.1, 0.15) is 17.3 Å². The van der Waals surface area contributed by atoms with Gasteiger partial charge < -0.3 is 10.1 Å². The fourth-order valence-corrected chi connectivity index (χ4v) is 4.48. The number of nitro benzene ring substituents is 1. The van der Waals surface area contributed by atoms with Crippen molar-refractivity contribution in [2.24, 2.45) is 0 Å². The van der Waals surface area contributed by atoms with Gasteiger partial charge in [-0.1, -0.05) is 0 Å². The van der Waals surface area contributed by atoms with Crippen molar-refractivity contribution >= 4 is 37.1 Å². The van der Waals surface area contributed by atoms with E-state index in [1.807, 2.05) is 0 Å². The summed E-state index contributed by atoms with van der Waals surface area (Å²) < 4.78 is 55.5. The molecular weight excluding hydrogens is 450 g/mol. The zero-order chi connectivity index (χ0) is 23.4. The topological polar surface area (TPSA) is 162 Å². The molecule has 1 unspecified atom stereocenters. The van der Waals surface area contributed by atoms with E-state index >= 15 is 0 Å². The van der Waals surface area contributed by atoms with E-state index in [9.17, 15) is 31.7 Å². The summed E-state index contributed by atoms with van der Waals surface area (Å²) in [6.45, 7) is 1.82. The second kappa shape index (κ2) is 9.51. The van der Waals surface area contributed by atoms with Gasteiger partial charge in [0.25, 0.3) is 11.6 Å². The molecule has 11 nitrogen and oxygen atoms in total. The monoisotopic (exact) mass is 471 g/mol. The van der Waals surface area contributed by atoms with Gasteiger partial charge in [0.1, 0.15) is 0 Å². The molecule has 1 amide bonds. The van der Waals surface area contributed by atoms with E-state index in [-0.39, 0.29) is 27.6 Å². The Bertz CT molecular complexity index is 1190. The van der Waals surface area contributed by atoms with E-state index < -0.39 is 42.4 Å². The molecule has 31 heavy (non-hydrogen) atoms. The number of anilines is 1. The highest BCUT2D eigenvalue weighted by atomic mass is 32.2. The third-order valence-corrected chi connectivity index (χ3v) is 6.69. The molecule has 0 spiro atoms. The number of nitrogens with one attached hydrogen (secondary N) is 2. The molecule has 2 aromatic carbocycles. The summed E-state index contributed by atoms with van der Waals surface area (Å²) in [5.41, 5.74) is -0.576. The molecule has 13 heteroatoms. The standard InChI is InChI=1S/C18H21N3O8S2/c1-12(11-29-2)20-31(27,28)16-6-4-14(5-7-16)19-18(22)13-8-15(21(23)24)10-17(9-13)30(3,25)26/h4-10,12,20H,11H2,1-3H3,(H,19,22). The fraction of sp³-hybridized carbons (Fsp3) is 0.278. The zero-order valence-electron chi connectivity index (χ0n) is 16.9. The van der Waals surface area contributed by atoms with Crippen molar-refractivity contribution in [3.63, 3.8) is 0 Å². The Hall–Kier alpha value is -2.87. The Balaban J connectivity index is 2.25. The van der Waals surface area contributed by atoms with Gasteiger partial charge >= 0.3 is 0 Å². The number of hydrogen-bond acceptors (Lipinski definition) is 8. The highest BCUT2D eigenvalue weighted by Crippen LogP contribution is 2.22. The minimum atomic E-state index is -3.80. The summed E-state index contributed by atoms with van der Waals surface area (Å²) >= 11 is 0. The van der Waals surface area contributed by atoms with Crippen LogP contribution in [-0.2, 0) is 24.6 Å². The number of carbonyl (C=O) groups excluding carboxylic acids is 1. The molecule has 0 heterocycles. The number of rotatable bonds is 9. The van der Waals surface area contributed by atoms with Crippen LogP contribution in [0, 0.1) is 10.1 Å². The van der Waals surface area contributed by atoms with Crippen molar-refractivity contribution < 1.29 is 31.3 Å².